The van der Waals surface area contributed by atoms with Crippen LogP contribution in [0.25, 0.3) is 5.76 Å². The Kier molecular flexibility index (Phi) is 5.38. The van der Waals surface area contributed by atoms with E-state index in [9.17, 15) is 0 Å². The van der Waals surface area contributed by atoms with E-state index in [-0.39, 0.29) is 15.0 Å². The first-order valence-corrected chi connectivity index (χ1v) is 10.4. The van der Waals surface area contributed by atoms with E-state index in [1.165, 1.54) is 8.93 Å². The topological polar surface area (TPSA) is 30.8 Å². The SMILES string of the molecule is COc1ccc(C2=C([Se]c3ccccc3)CN=C(c3ccccc3)O2)cc1. The quantitative estimate of drug-likeness (QED) is 0.587. The Morgan fingerprint density at radius 1 is 0.815 bits per heavy atom. The van der Waals surface area contributed by atoms with Crippen LogP contribution in [0.5, 0.6) is 5.75 Å². The maximum atomic E-state index is 6.32. The van der Waals surface area contributed by atoms with E-state index in [4.69, 9.17) is 14.5 Å². The number of rotatable bonds is 5. The molecule has 0 N–H and O–H groups in total. The minimum atomic E-state index is 0.155. The molecule has 0 saturated heterocycles. The zero-order valence-electron chi connectivity index (χ0n) is 15.0. The van der Waals surface area contributed by atoms with Crippen LogP contribution in [0.2, 0.25) is 0 Å². The van der Waals surface area contributed by atoms with Crippen LogP contribution in [-0.2, 0) is 4.74 Å². The van der Waals surface area contributed by atoms with Crippen LogP contribution in [-0.4, -0.2) is 34.5 Å². The van der Waals surface area contributed by atoms with Gasteiger partial charge in [-0.3, -0.25) is 0 Å². The fourth-order valence-corrected chi connectivity index (χ4v) is 4.82. The second kappa shape index (κ2) is 8.26. The van der Waals surface area contributed by atoms with Gasteiger partial charge in [-0.2, -0.15) is 0 Å². The molecule has 1 aliphatic rings. The van der Waals surface area contributed by atoms with Gasteiger partial charge >= 0.3 is 165 Å². The van der Waals surface area contributed by atoms with Gasteiger partial charge < -0.3 is 0 Å². The third-order valence-electron chi connectivity index (χ3n) is 4.18. The van der Waals surface area contributed by atoms with Crippen molar-refractivity contribution in [1.82, 2.24) is 0 Å². The van der Waals surface area contributed by atoms with E-state index >= 15 is 0 Å². The summed E-state index contributed by atoms with van der Waals surface area (Å²) in [4.78, 5) is 4.71. The first kappa shape index (κ1) is 17.6. The van der Waals surface area contributed by atoms with Crippen molar-refractivity contribution >= 4 is 31.1 Å². The zero-order valence-corrected chi connectivity index (χ0v) is 16.7. The molecule has 4 heteroatoms. The molecule has 3 aromatic rings. The molecule has 4 rings (SSSR count). The predicted molar refractivity (Wildman–Crippen MR) is 111 cm³/mol. The number of aliphatic imine (C=N–C) groups is 1. The Balaban J connectivity index is 1.69. The van der Waals surface area contributed by atoms with Crippen molar-refractivity contribution < 1.29 is 9.47 Å². The van der Waals surface area contributed by atoms with Gasteiger partial charge in [-0.25, -0.2) is 0 Å². The van der Waals surface area contributed by atoms with Gasteiger partial charge in [0.2, 0.25) is 0 Å². The summed E-state index contributed by atoms with van der Waals surface area (Å²) in [5, 5.41) is 0. The fourth-order valence-electron chi connectivity index (χ4n) is 2.80. The molecular formula is C23H19NO2Se. The second-order valence-corrected chi connectivity index (χ2v) is 8.44. The number of ether oxygens (including phenoxy) is 2. The predicted octanol–water partition coefficient (Wildman–Crippen LogP) is 3.87. The van der Waals surface area contributed by atoms with Gasteiger partial charge in [0.15, 0.2) is 0 Å². The summed E-state index contributed by atoms with van der Waals surface area (Å²) in [5.74, 6) is 2.42. The Hall–Kier alpha value is -2.81. The molecule has 0 bridgehead atoms. The summed E-state index contributed by atoms with van der Waals surface area (Å²) >= 11 is 0.155. The number of nitrogens with zero attached hydrogens (tertiary/aromatic N) is 1. The Bertz CT molecular complexity index is 964. The molecule has 27 heavy (non-hydrogen) atoms. The molecule has 0 atom stereocenters. The van der Waals surface area contributed by atoms with Crippen LogP contribution < -0.4 is 9.20 Å². The van der Waals surface area contributed by atoms with E-state index in [2.05, 4.69) is 24.3 Å². The molecule has 3 aromatic carbocycles. The molecule has 0 aliphatic carbocycles. The standard InChI is InChI=1S/C23H19NO2Se/c1-25-19-14-12-17(13-15-19)22-21(27-20-10-6-3-7-11-20)16-24-23(26-22)18-8-4-2-5-9-18/h2-15H,16H2,1H3. The molecule has 0 fully saturated rings. The minimum absolute atomic E-state index is 0.155. The van der Waals surface area contributed by atoms with E-state index in [0.717, 1.165) is 22.6 Å². The second-order valence-electron chi connectivity index (χ2n) is 5.99. The van der Waals surface area contributed by atoms with Crippen LogP contribution in [0.4, 0.5) is 0 Å². The van der Waals surface area contributed by atoms with Crippen molar-refractivity contribution in [3.63, 3.8) is 0 Å². The van der Waals surface area contributed by atoms with Crippen LogP contribution >= 0.6 is 0 Å². The Morgan fingerprint density at radius 2 is 1.48 bits per heavy atom. The van der Waals surface area contributed by atoms with Crippen molar-refractivity contribution in [1.29, 1.82) is 0 Å². The summed E-state index contributed by atoms with van der Waals surface area (Å²) in [7, 11) is 1.68. The first-order valence-electron chi connectivity index (χ1n) is 8.71. The van der Waals surface area contributed by atoms with Gasteiger partial charge in [-0.15, -0.1) is 0 Å². The van der Waals surface area contributed by atoms with Crippen LogP contribution in [0.3, 0.4) is 0 Å². The molecule has 0 saturated carbocycles. The van der Waals surface area contributed by atoms with Crippen molar-refractivity contribution in [2.45, 2.75) is 0 Å². The van der Waals surface area contributed by atoms with Gasteiger partial charge in [-0.05, 0) is 0 Å². The summed E-state index contributed by atoms with van der Waals surface area (Å²) < 4.78 is 14.2. The molecule has 134 valence electrons. The van der Waals surface area contributed by atoms with Crippen molar-refractivity contribution in [2.75, 3.05) is 13.7 Å². The first-order chi connectivity index (χ1) is 13.3. The average molecular weight is 420 g/mol. The molecule has 0 amide bonds. The average Bonchev–Trinajstić information content (AvgIpc) is 2.75. The monoisotopic (exact) mass is 421 g/mol. The van der Waals surface area contributed by atoms with Gasteiger partial charge in [0, 0.05) is 0 Å². The van der Waals surface area contributed by atoms with Crippen molar-refractivity contribution in [3.8, 4) is 5.75 Å². The normalized spacial score (nSPS) is 13.7. The molecule has 1 heterocycles. The molecule has 0 radical (unpaired) electrons. The summed E-state index contributed by atoms with van der Waals surface area (Å²) in [6.07, 6.45) is 0. The van der Waals surface area contributed by atoms with Gasteiger partial charge in [0.1, 0.15) is 0 Å². The number of hydrogen-bond donors (Lipinski definition) is 0. The molecule has 3 nitrogen and oxygen atoms in total. The van der Waals surface area contributed by atoms with Gasteiger partial charge in [-0.1, -0.05) is 0 Å². The van der Waals surface area contributed by atoms with Crippen molar-refractivity contribution in [3.05, 3.63) is 101 Å². The number of benzene rings is 3. The molecular weight excluding hydrogens is 401 g/mol. The van der Waals surface area contributed by atoms with E-state index in [0.29, 0.717) is 12.4 Å². The number of methoxy groups -OCH3 is 1. The third-order valence-corrected chi connectivity index (χ3v) is 6.42. The number of hydrogen-bond acceptors (Lipinski definition) is 3. The van der Waals surface area contributed by atoms with Crippen LogP contribution in [0, 0.1) is 0 Å². The Labute approximate surface area is 165 Å². The molecule has 0 aromatic heterocycles. The van der Waals surface area contributed by atoms with Crippen LogP contribution in [0.15, 0.2) is 94.4 Å². The third kappa shape index (κ3) is 4.13. The van der Waals surface area contributed by atoms with Crippen molar-refractivity contribution in [2.24, 2.45) is 4.99 Å². The van der Waals surface area contributed by atoms with E-state index in [1.807, 2.05) is 60.7 Å². The van der Waals surface area contributed by atoms with Gasteiger partial charge in [0.05, 0.1) is 0 Å². The summed E-state index contributed by atoms with van der Waals surface area (Å²) in [5.41, 5.74) is 2.04. The summed E-state index contributed by atoms with van der Waals surface area (Å²) in [6.45, 7) is 0.653. The van der Waals surface area contributed by atoms with Gasteiger partial charge in [0.25, 0.3) is 0 Å². The fraction of sp³-hybridized carbons (Fsp3) is 0.0870. The van der Waals surface area contributed by atoms with E-state index < -0.39 is 0 Å². The zero-order chi connectivity index (χ0) is 18.5. The molecule has 0 unspecified atom stereocenters. The molecule has 1 aliphatic heterocycles. The van der Waals surface area contributed by atoms with Crippen LogP contribution in [0.1, 0.15) is 11.1 Å². The Morgan fingerprint density at radius 3 is 2.15 bits per heavy atom. The maximum absolute atomic E-state index is 6.32. The summed E-state index contributed by atoms with van der Waals surface area (Å²) in [6, 6.07) is 28.6. The van der Waals surface area contributed by atoms with E-state index in [1.54, 1.807) is 7.11 Å². The molecule has 0 spiro atoms.